The predicted molar refractivity (Wildman–Crippen MR) is 115 cm³/mol. The van der Waals surface area contributed by atoms with Gasteiger partial charge in [0.1, 0.15) is 24.3 Å². The summed E-state index contributed by atoms with van der Waals surface area (Å²) in [6.45, 7) is 5.78. The number of hydrogen-bond donors (Lipinski definition) is 2. The van der Waals surface area contributed by atoms with Crippen molar-refractivity contribution in [3.63, 3.8) is 0 Å². The van der Waals surface area contributed by atoms with E-state index < -0.39 is 29.7 Å². The highest BCUT2D eigenvalue weighted by Gasteiger charge is 2.48. The number of hydrogen-bond acceptors (Lipinski definition) is 6. The molecular weight excluding hydrogens is 398 g/mol. The first-order valence-corrected chi connectivity index (χ1v) is 10.9. The molecular formula is C23H33N3O5. The number of nitrogens with zero attached hydrogens (tertiary/aromatic N) is 1. The molecule has 4 atom stereocenters. The fourth-order valence-electron chi connectivity index (χ4n) is 4.36. The molecule has 0 unspecified atom stereocenters. The first-order chi connectivity index (χ1) is 14.7. The number of ether oxygens (including phenoxy) is 2. The van der Waals surface area contributed by atoms with Crippen LogP contribution in [0.1, 0.15) is 52.0 Å². The highest BCUT2D eigenvalue weighted by molar-refractivity contribution is 5.91. The molecule has 1 aromatic rings. The van der Waals surface area contributed by atoms with E-state index in [1.165, 1.54) is 0 Å². The van der Waals surface area contributed by atoms with E-state index in [1.54, 1.807) is 25.7 Å². The fraction of sp³-hybridized carbons (Fsp3) is 0.609. The third-order valence-electron chi connectivity index (χ3n) is 5.83. The van der Waals surface area contributed by atoms with Crippen molar-refractivity contribution in [1.82, 2.24) is 10.2 Å². The molecule has 2 saturated heterocycles. The molecule has 2 amide bonds. The quantitative estimate of drug-likeness (QED) is 0.693. The minimum Gasteiger partial charge on any atom is -0.458 e. The third-order valence-corrected chi connectivity index (χ3v) is 5.83. The van der Waals surface area contributed by atoms with Gasteiger partial charge in [-0.05, 0) is 58.6 Å². The van der Waals surface area contributed by atoms with Crippen molar-refractivity contribution < 1.29 is 23.9 Å². The first-order valence-electron chi connectivity index (χ1n) is 10.9. The number of fused-ring (bicyclic) bond motifs is 1. The van der Waals surface area contributed by atoms with Gasteiger partial charge in [0.15, 0.2) is 0 Å². The molecule has 3 rings (SSSR count). The number of esters is 1. The molecule has 0 aliphatic carbocycles. The summed E-state index contributed by atoms with van der Waals surface area (Å²) in [5.41, 5.74) is 6.16. The van der Waals surface area contributed by atoms with Gasteiger partial charge < -0.3 is 25.4 Å². The van der Waals surface area contributed by atoms with Gasteiger partial charge >= 0.3 is 12.1 Å². The number of amides is 2. The van der Waals surface area contributed by atoms with Crippen LogP contribution in [0.3, 0.4) is 0 Å². The third kappa shape index (κ3) is 5.76. The van der Waals surface area contributed by atoms with Crippen molar-refractivity contribution >= 4 is 18.0 Å². The van der Waals surface area contributed by atoms with E-state index in [0.717, 1.165) is 18.4 Å². The van der Waals surface area contributed by atoms with E-state index in [2.05, 4.69) is 5.32 Å². The summed E-state index contributed by atoms with van der Waals surface area (Å²) in [4.78, 5) is 40.3. The lowest BCUT2D eigenvalue weighted by molar-refractivity contribution is -0.164. The minimum atomic E-state index is -0.832. The Balaban J connectivity index is 1.71. The van der Waals surface area contributed by atoms with Gasteiger partial charge in [-0.2, -0.15) is 0 Å². The highest BCUT2D eigenvalue weighted by Crippen LogP contribution is 2.34. The van der Waals surface area contributed by atoms with E-state index in [1.807, 2.05) is 30.3 Å². The van der Waals surface area contributed by atoms with Crippen LogP contribution in [-0.4, -0.2) is 53.1 Å². The summed E-state index contributed by atoms with van der Waals surface area (Å²) in [5, 5.41) is 2.72. The Morgan fingerprint density at radius 3 is 2.45 bits per heavy atom. The van der Waals surface area contributed by atoms with Gasteiger partial charge in [-0.15, -0.1) is 0 Å². The summed E-state index contributed by atoms with van der Waals surface area (Å²) in [7, 11) is 0. The van der Waals surface area contributed by atoms with Crippen molar-refractivity contribution in [2.24, 2.45) is 11.7 Å². The zero-order chi connectivity index (χ0) is 22.6. The normalized spacial score (nSPS) is 26.1. The zero-order valence-electron chi connectivity index (χ0n) is 18.5. The van der Waals surface area contributed by atoms with Gasteiger partial charge in [-0.1, -0.05) is 30.3 Å². The second-order valence-corrected chi connectivity index (χ2v) is 9.28. The number of rotatable bonds is 5. The van der Waals surface area contributed by atoms with E-state index in [9.17, 15) is 14.4 Å². The molecule has 1 aromatic carbocycles. The van der Waals surface area contributed by atoms with Gasteiger partial charge in [0.05, 0.1) is 0 Å². The van der Waals surface area contributed by atoms with E-state index >= 15 is 0 Å². The Hall–Kier alpha value is -2.61. The number of nitrogens with one attached hydrogen (secondary N) is 1. The molecule has 0 radical (unpaired) electrons. The lowest BCUT2D eigenvalue weighted by Gasteiger charge is -2.32. The van der Waals surface area contributed by atoms with Gasteiger partial charge in [-0.3, -0.25) is 4.79 Å². The maximum absolute atomic E-state index is 13.5. The van der Waals surface area contributed by atoms with Crippen LogP contribution in [0.2, 0.25) is 0 Å². The molecule has 8 heteroatoms. The summed E-state index contributed by atoms with van der Waals surface area (Å²) in [6.07, 6.45) is 2.05. The van der Waals surface area contributed by atoms with Gasteiger partial charge in [0.2, 0.25) is 5.91 Å². The van der Waals surface area contributed by atoms with E-state index in [-0.39, 0.29) is 31.0 Å². The topological polar surface area (TPSA) is 111 Å². The SMILES string of the molecule is CC(C)(C)OC(=O)[C@@H]1CC[C@@H]2CC[C@H](CN)[C@H](NC(=O)OCc3ccccc3)C(=O)N21. The van der Waals surface area contributed by atoms with Crippen LogP contribution in [-0.2, 0) is 25.7 Å². The number of carbonyl (C=O) groups is 3. The second kappa shape index (κ2) is 9.68. The second-order valence-electron chi connectivity index (χ2n) is 9.28. The molecule has 2 fully saturated rings. The van der Waals surface area contributed by atoms with E-state index in [0.29, 0.717) is 12.8 Å². The van der Waals surface area contributed by atoms with Gasteiger partial charge in [-0.25, -0.2) is 9.59 Å². The van der Waals surface area contributed by atoms with Crippen molar-refractivity contribution in [2.75, 3.05) is 6.54 Å². The smallest absolute Gasteiger partial charge is 0.408 e. The van der Waals surface area contributed by atoms with Crippen LogP contribution in [0.15, 0.2) is 30.3 Å². The monoisotopic (exact) mass is 431 g/mol. The van der Waals surface area contributed by atoms with E-state index in [4.69, 9.17) is 15.2 Å². The fourth-order valence-corrected chi connectivity index (χ4v) is 4.36. The van der Waals surface area contributed by atoms with Crippen LogP contribution in [0.25, 0.3) is 0 Å². The number of alkyl carbamates (subject to hydrolysis) is 1. The summed E-state index contributed by atoms with van der Waals surface area (Å²) in [6, 6.07) is 7.79. The van der Waals surface area contributed by atoms with Gasteiger partial charge in [0, 0.05) is 12.0 Å². The highest BCUT2D eigenvalue weighted by atomic mass is 16.6. The van der Waals surface area contributed by atoms with Crippen molar-refractivity contribution in [2.45, 2.75) is 76.8 Å². The summed E-state index contributed by atoms with van der Waals surface area (Å²) >= 11 is 0. The summed E-state index contributed by atoms with van der Waals surface area (Å²) < 4.78 is 10.9. The maximum atomic E-state index is 13.5. The molecule has 2 aliphatic rings. The van der Waals surface area contributed by atoms with Crippen molar-refractivity contribution in [1.29, 1.82) is 0 Å². The average Bonchev–Trinajstić information content (AvgIpc) is 3.10. The van der Waals surface area contributed by atoms with Crippen LogP contribution in [0.4, 0.5) is 4.79 Å². The van der Waals surface area contributed by atoms with Crippen molar-refractivity contribution in [3.05, 3.63) is 35.9 Å². The van der Waals surface area contributed by atoms with Crippen LogP contribution < -0.4 is 11.1 Å². The lowest BCUT2D eigenvalue weighted by atomic mass is 9.93. The van der Waals surface area contributed by atoms with Crippen LogP contribution in [0.5, 0.6) is 0 Å². The molecule has 8 nitrogen and oxygen atoms in total. The Labute approximate surface area is 183 Å². The Kier molecular flexibility index (Phi) is 7.20. The molecule has 170 valence electrons. The minimum absolute atomic E-state index is 0.0498. The van der Waals surface area contributed by atoms with Gasteiger partial charge in [0.25, 0.3) is 0 Å². The molecule has 0 saturated carbocycles. The van der Waals surface area contributed by atoms with Crippen molar-refractivity contribution in [3.8, 4) is 0 Å². The molecule has 0 bridgehead atoms. The van der Waals surface area contributed by atoms with Crippen LogP contribution >= 0.6 is 0 Å². The molecule has 3 N–H and O–H groups in total. The molecule has 31 heavy (non-hydrogen) atoms. The number of nitrogens with two attached hydrogens (primary N) is 1. The zero-order valence-corrected chi connectivity index (χ0v) is 18.5. The maximum Gasteiger partial charge on any atom is 0.408 e. The Morgan fingerprint density at radius 2 is 1.81 bits per heavy atom. The standard InChI is InChI=1S/C23H33N3O5/c1-23(2,3)31-21(28)18-12-11-17-10-9-16(13-24)19(20(27)26(17)18)25-22(29)30-14-15-7-5-4-6-8-15/h4-8,16-19H,9-14,24H2,1-3H3,(H,25,29)/t16-,17+,18+,19+/m1/s1. The summed E-state index contributed by atoms with van der Waals surface area (Å²) in [5.74, 6) is -0.912. The Bertz CT molecular complexity index is 792. The predicted octanol–water partition coefficient (Wildman–Crippen LogP) is 2.35. The van der Waals surface area contributed by atoms with Crippen LogP contribution in [0, 0.1) is 5.92 Å². The molecule has 2 aliphatic heterocycles. The lowest BCUT2D eigenvalue weighted by Crippen LogP contribution is -2.56. The molecule has 2 heterocycles. The molecule has 0 aromatic heterocycles. The Morgan fingerprint density at radius 1 is 1.13 bits per heavy atom. The first kappa shape index (κ1) is 23.1. The average molecular weight is 432 g/mol. The number of benzene rings is 1. The molecule has 0 spiro atoms. The largest absolute Gasteiger partial charge is 0.458 e. The number of carbonyl (C=O) groups excluding carboxylic acids is 3.